The molecule has 0 aromatic carbocycles. The lowest BCUT2D eigenvalue weighted by molar-refractivity contribution is 0.268. The minimum absolute atomic E-state index is 0.155. The van der Waals surface area contributed by atoms with Gasteiger partial charge in [0, 0.05) is 5.69 Å². The first-order chi connectivity index (χ1) is 5.75. The van der Waals surface area contributed by atoms with Gasteiger partial charge in [0.15, 0.2) is 0 Å². The van der Waals surface area contributed by atoms with Crippen LogP contribution in [-0.4, -0.2) is 21.5 Å². The summed E-state index contributed by atoms with van der Waals surface area (Å²) in [7, 11) is 0. The molecule has 1 aromatic rings. The summed E-state index contributed by atoms with van der Waals surface area (Å²) in [5.41, 5.74) is 2.31. The van der Waals surface area contributed by atoms with Crippen LogP contribution in [0.25, 0.3) is 0 Å². The Morgan fingerprint density at radius 2 is 2.00 bits per heavy atom. The number of aliphatic hydroxyl groups is 1. The van der Waals surface area contributed by atoms with Crippen molar-refractivity contribution in [2.45, 2.75) is 34.2 Å². The molecule has 0 fully saturated rings. The van der Waals surface area contributed by atoms with E-state index in [1.165, 1.54) is 5.56 Å². The van der Waals surface area contributed by atoms with Crippen LogP contribution in [0.5, 0.6) is 0 Å². The maximum Gasteiger partial charge on any atom is 0.0643 e. The predicted molar refractivity (Wildman–Crippen MR) is 50.1 cm³/mol. The van der Waals surface area contributed by atoms with Crippen molar-refractivity contribution >= 4 is 0 Å². The number of aliphatic hydroxyl groups excluding tert-OH is 1. The van der Waals surface area contributed by atoms with Crippen LogP contribution in [0.4, 0.5) is 0 Å². The minimum Gasteiger partial charge on any atom is -0.394 e. The van der Waals surface area contributed by atoms with Crippen molar-refractivity contribution in [1.82, 2.24) is 9.78 Å². The largest absolute Gasteiger partial charge is 0.394 e. The van der Waals surface area contributed by atoms with Gasteiger partial charge in [-0.1, -0.05) is 13.8 Å². The van der Waals surface area contributed by atoms with E-state index in [0.29, 0.717) is 6.54 Å². The summed E-state index contributed by atoms with van der Waals surface area (Å²) in [6.07, 6.45) is 1.81. The molecule has 0 unspecified atom stereocenters. The van der Waals surface area contributed by atoms with Gasteiger partial charge >= 0.3 is 0 Å². The molecule has 0 bridgehead atoms. The summed E-state index contributed by atoms with van der Waals surface area (Å²) in [4.78, 5) is 0. The van der Waals surface area contributed by atoms with Gasteiger partial charge in [-0.15, -0.1) is 0 Å². The van der Waals surface area contributed by atoms with Crippen LogP contribution in [-0.2, 0) is 6.54 Å². The van der Waals surface area contributed by atoms with Gasteiger partial charge in [0.25, 0.3) is 0 Å². The molecule has 1 aromatic heterocycles. The Morgan fingerprint density at radius 3 is 2.33 bits per heavy atom. The van der Waals surface area contributed by atoms with Crippen molar-refractivity contribution in [2.24, 2.45) is 0 Å². The van der Waals surface area contributed by atoms with Crippen LogP contribution in [0.3, 0.4) is 0 Å². The van der Waals surface area contributed by atoms with E-state index in [1.807, 2.05) is 33.9 Å². The van der Waals surface area contributed by atoms with Crippen molar-refractivity contribution in [3.8, 4) is 0 Å². The van der Waals surface area contributed by atoms with Gasteiger partial charge < -0.3 is 5.11 Å². The topological polar surface area (TPSA) is 38.0 Å². The van der Waals surface area contributed by atoms with Gasteiger partial charge in [-0.05, 0) is 19.4 Å². The molecule has 0 radical (unpaired) electrons. The molecule has 0 amide bonds. The third kappa shape index (κ3) is 2.66. The van der Waals surface area contributed by atoms with E-state index in [2.05, 4.69) is 5.10 Å². The molecule has 0 aliphatic carbocycles. The van der Waals surface area contributed by atoms with Crippen molar-refractivity contribution < 1.29 is 5.11 Å². The Labute approximate surface area is 74.0 Å². The fourth-order valence-corrected chi connectivity index (χ4v) is 0.860. The van der Waals surface area contributed by atoms with Gasteiger partial charge in [-0.2, -0.15) is 5.10 Å². The van der Waals surface area contributed by atoms with Gasteiger partial charge in [0.05, 0.1) is 19.3 Å². The fraction of sp³-hybridized carbons (Fsp3) is 0.667. The highest BCUT2D eigenvalue weighted by Crippen LogP contribution is 2.03. The Kier molecular flexibility index (Phi) is 5.37. The second-order valence-corrected chi connectivity index (χ2v) is 2.36. The van der Waals surface area contributed by atoms with E-state index in [0.717, 1.165) is 5.69 Å². The van der Waals surface area contributed by atoms with Crippen LogP contribution in [0, 0.1) is 13.8 Å². The summed E-state index contributed by atoms with van der Waals surface area (Å²) in [6, 6.07) is 0. The quantitative estimate of drug-likeness (QED) is 0.730. The lowest BCUT2D eigenvalue weighted by Crippen LogP contribution is -2.05. The molecule has 1 rings (SSSR count). The second kappa shape index (κ2) is 5.77. The molecule has 1 heterocycles. The highest BCUT2D eigenvalue weighted by atomic mass is 16.3. The molecule has 1 N–H and O–H groups in total. The smallest absolute Gasteiger partial charge is 0.0643 e. The Hall–Kier alpha value is -0.830. The molecule has 70 valence electrons. The van der Waals surface area contributed by atoms with Crippen molar-refractivity contribution in [3.63, 3.8) is 0 Å². The number of aryl methyl sites for hydroxylation is 1. The molecule has 0 aliphatic rings. The number of hydrogen-bond acceptors (Lipinski definition) is 2. The summed E-state index contributed by atoms with van der Waals surface area (Å²) < 4.78 is 1.80. The number of hydrogen-bond donors (Lipinski definition) is 1. The van der Waals surface area contributed by atoms with Crippen LogP contribution in [0.15, 0.2) is 6.20 Å². The molecule has 12 heavy (non-hydrogen) atoms. The predicted octanol–water partition coefficient (Wildman–Crippen LogP) is 1.52. The number of rotatable bonds is 2. The average Bonchev–Trinajstić information content (AvgIpc) is 2.41. The Bertz CT molecular complexity index is 218. The van der Waals surface area contributed by atoms with Gasteiger partial charge in [-0.3, -0.25) is 4.68 Å². The third-order valence-electron chi connectivity index (χ3n) is 1.66. The number of nitrogens with zero attached hydrogens (tertiary/aromatic N) is 2. The van der Waals surface area contributed by atoms with Gasteiger partial charge in [0.2, 0.25) is 0 Å². The zero-order valence-electron chi connectivity index (χ0n) is 8.33. The zero-order valence-corrected chi connectivity index (χ0v) is 8.33. The molecule has 3 nitrogen and oxygen atoms in total. The third-order valence-corrected chi connectivity index (χ3v) is 1.66. The monoisotopic (exact) mass is 170 g/mol. The molecule has 0 atom stereocenters. The molecule has 0 saturated heterocycles. The zero-order chi connectivity index (χ0) is 9.56. The van der Waals surface area contributed by atoms with E-state index < -0.39 is 0 Å². The van der Waals surface area contributed by atoms with E-state index in [1.54, 1.807) is 4.68 Å². The van der Waals surface area contributed by atoms with E-state index in [9.17, 15) is 0 Å². The maximum absolute atomic E-state index is 8.59. The lowest BCUT2D eigenvalue weighted by atomic mass is 10.3. The van der Waals surface area contributed by atoms with Crippen LogP contribution in [0.1, 0.15) is 25.1 Å². The molecule has 3 heteroatoms. The molecule has 0 saturated carbocycles. The van der Waals surface area contributed by atoms with E-state index in [4.69, 9.17) is 5.11 Å². The van der Waals surface area contributed by atoms with E-state index in [-0.39, 0.29) is 6.61 Å². The Balaban J connectivity index is 0.000000561. The van der Waals surface area contributed by atoms with Gasteiger partial charge in [0.1, 0.15) is 0 Å². The average molecular weight is 170 g/mol. The first-order valence-electron chi connectivity index (χ1n) is 4.35. The molecular formula is C9H18N2O. The SMILES string of the molecule is CC.Cc1cnn(CCO)c1C. The summed E-state index contributed by atoms with van der Waals surface area (Å²) >= 11 is 0. The summed E-state index contributed by atoms with van der Waals surface area (Å²) in [6.45, 7) is 8.76. The lowest BCUT2D eigenvalue weighted by Gasteiger charge is -1.99. The normalized spacial score (nSPS) is 9.08. The highest BCUT2D eigenvalue weighted by molar-refractivity contribution is 5.12. The molecule has 0 spiro atoms. The first-order valence-corrected chi connectivity index (χ1v) is 4.35. The minimum atomic E-state index is 0.155. The molecule has 0 aliphatic heterocycles. The fourth-order valence-electron chi connectivity index (χ4n) is 0.860. The van der Waals surface area contributed by atoms with Crippen molar-refractivity contribution in [2.75, 3.05) is 6.61 Å². The van der Waals surface area contributed by atoms with Crippen LogP contribution < -0.4 is 0 Å². The van der Waals surface area contributed by atoms with E-state index >= 15 is 0 Å². The van der Waals surface area contributed by atoms with Gasteiger partial charge in [-0.25, -0.2) is 0 Å². The van der Waals surface area contributed by atoms with Crippen molar-refractivity contribution in [1.29, 1.82) is 0 Å². The number of aromatic nitrogens is 2. The second-order valence-electron chi connectivity index (χ2n) is 2.36. The van der Waals surface area contributed by atoms with Crippen molar-refractivity contribution in [3.05, 3.63) is 17.5 Å². The highest BCUT2D eigenvalue weighted by Gasteiger charge is 1.99. The van der Waals surface area contributed by atoms with Crippen LogP contribution >= 0.6 is 0 Å². The summed E-state index contributed by atoms with van der Waals surface area (Å²) in [5.74, 6) is 0. The Morgan fingerprint density at radius 1 is 1.42 bits per heavy atom. The summed E-state index contributed by atoms with van der Waals surface area (Å²) in [5, 5.41) is 12.7. The van der Waals surface area contributed by atoms with Crippen LogP contribution in [0.2, 0.25) is 0 Å². The first kappa shape index (κ1) is 11.2. The standard InChI is InChI=1S/C7H12N2O.C2H6/c1-6-5-8-9(3-4-10)7(6)2;1-2/h5,10H,3-4H2,1-2H3;1-2H3. The maximum atomic E-state index is 8.59. The molecular weight excluding hydrogens is 152 g/mol.